The highest BCUT2D eigenvalue weighted by molar-refractivity contribution is 5.80. The molecule has 0 saturated carbocycles. The molecular weight excluding hydrogens is 568 g/mol. The van der Waals surface area contributed by atoms with Crippen molar-refractivity contribution in [3.63, 3.8) is 0 Å². The molecule has 3 aliphatic rings. The summed E-state index contributed by atoms with van der Waals surface area (Å²) in [6, 6.07) is 0.761. The molecule has 0 radical (unpaired) electrons. The van der Waals surface area contributed by atoms with Gasteiger partial charge in [0.05, 0.1) is 13.1 Å². The molecule has 1 N–H and O–H groups in total. The Hall–Kier alpha value is -2.76. The molecule has 0 atom stereocenters. The number of imidazole rings is 2. The van der Waals surface area contributed by atoms with Crippen LogP contribution in [0.2, 0.25) is 0 Å². The summed E-state index contributed by atoms with van der Waals surface area (Å²) in [5.41, 5.74) is 0.533. The van der Waals surface area contributed by atoms with Crippen LogP contribution in [0.4, 0.5) is 0 Å². The van der Waals surface area contributed by atoms with Crippen LogP contribution in [0.15, 0.2) is 24.8 Å². The summed E-state index contributed by atoms with van der Waals surface area (Å²) in [4.78, 5) is 46.4. The summed E-state index contributed by atoms with van der Waals surface area (Å²) in [5.74, 6) is 1.52. The Kier molecular flexibility index (Phi) is 12.5. The molecule has 0 bridgehead atoms. The van der Waals surface area contributed by atoms with E-state index in [0.717, 1.165) is 63.1 Å². The molecule has 45 heavy (non-hydrogen) atoms. The van der Waals surface area contributed by atoms with Crippen molar-refractivity contribution in [2.75, 3.05) is 59.0 Å². The summed E-state index contributed by atoms with van der Waals surface area (Å²) in [7, 11) is 0. The normalized spacial score (nSPS) is 19.0. The highest BCUT2D eigenvalue weighted by Crippen LogP contribution is 2.41. The Morgan fingerprint density at radius 1 is 0.978 bits per heavy atom. The highest BCUT2D eigenvalue weighted by atomic mass is 16.5. The van der Waals surface area contributed by atoms with Crippen LogP contribution in [0.5, 0.6) is 0 Å². The van der Waals surface area contributed by atoms with Crippen molar-refractivity contribution < 1.29 is 14.3 Å². The summed E-state index contributed by atoms with van der Waals surface area (Å²) < 4.78 is 7.57. The maximum Gasteiger partial charge on any atom is 0.306 e. The summed E-state index contributed by atoms with van der Waals surface area (Å²) >= 11 is 0. The number of ether oxygens (including phenoxy) is 1. The predicted octanol–water partition coefficient (Wildman–Crippen LogP) is 3.92. The number of amides is 1. The lowest BCUT2D eigenvalue weighted by Gasteiger charge is -2.42. The number of rotatable bonds is 17. The lowest BCUT2D eigenvalue weighted by molar-refractivity contribution is -0.151. The van der Waals surface area contributed by atoms with Gasteiger partial charge < -0.3 is 29.0 Å². The van der Waals surface area contributed by atoms with Crippen LogP contribution in [0.1, 0.15) is 89.7 Å². The second kappa shape index (κ2) is 16.7. The number of esters is 1. The van der Waals surface area contributed by atoms with E-state index in [2.05, 4.69) is 49.3 Å². The van der Waals surface area contributed by atoms with Gasteiger partial charge in [-0.3, -0.25) is 14.5 Å². The average molecular weight is 625 g/mol. The highest BCUT2D eigenvalue weighted by Gasteiger charge is 2.41. The Balaban J connectivity index is 1.05. The summed E-state index contributed by atoms with van der Waals surface area (Å²) in [5, 5.41) is 0. The fourth-order valence-corrected chi connectivity index (χ4v) is 7.68. The Bertz CT molecular complexity index is 1170. The van der Waals surface area contributed by atoms with E-state index in [0.29, 0.717) is 31.5 Å². The van der Waals surface area contributed by atoms with Crippen LogP contribution in [0.25, 0.3) is 0 Å². The zero-order valence-electron chi connectivity index (χ0n) is 27.8. The van der Waals surface area contributed by atoms with E-state index in [4.69, 9.17) is 9.72 Å². The van der Waals surface area contributed by atoms with Crippen LogP contribution in [-0.2, 0) is 34.0 Å². The Morgan fingerprint density at radius 3 is 2.49 bits per heavy atom. The van der Waals surface area contributed by atoms with E-state index >= 15 is 0 Å². The van der Waals surface area contributed by atoms with Gasteiger partial charge >= 0.3 is 5.97 Å². The topological polar surface area (TPSA) is 103 Å². The minimum absolute atomic E-state index is 0.0887. The maximum atomic E-state index is 12.4. The molecule has 2 aromatic heterocycles. The number of nitrogens with one attached hydrogen (secondary N) is 1. The number of H-pyrrole nitrogens is 1. The third kappa shape index (κ3) is 9.62. The third-order valence-corrected chi connectivity index (χ3v) is 10.5. The molecular formula is C34H56N8O3. The fourth-order valence-electron chi connectivity index (χ4n) is 7.68. The molecule has 0 unspecified atom stereocenters. The van der Waals surface area contributed by atoms with E-state index in [1.807, 2.05) is 12.4 Å². The first-order valence-electron chi connectivity index (χ1n) is 17.6. The minimum atomic E-state index is -0.317. The van der Waals surface area contributed by atoms with Crippen molar-refractivity contribution in [3.05, 3.63) is 36.4 Å². The van der Waals surface area contributed by atoms with Crippen LogP contribution >= 0.6 is 0 Å². The molecule has 5 heterocycles. The average Bonchev–Trinajstić information content (AvgIpc) is 3.88. The van der Waals surface area contributed by atoms with Crippen LogP contribution < -0.4 is 0 Å². The van der Waals surface area contributed by atoms with E-state index in [-0.39, 0.29) is 24.9 Å². The first-order valence-corrected chi connectivity index (χ1v) is 17.6. The van der Waals surface area contributed by atoms with Crippen LogP contribution in [-0.4, -0.2) is 116 Å². The molecule has 11 heteroatoms. The molecule has 0 aliphatic carbocycles. The zero-order valence-corrected chi connectivity index (χ0v) is 27.8. The zero-order chi connectivity index (χ0) is 31.5. The molecule has 3 aliphatic heterocycles. The van der Waals surface area contributed by atoms with Gasteiger partial charge in [-0.15, -0.1) is 0 Å². The molecule has 11 nitrogen and oxygen atoms in total. The number of carbonyl (C=O) groups excluding carboxylic acids is 2. The number of piperidine rings is 1. The number of hydrogen-bond donors (Lipinski definition) is 1. The molecule has 0 aromatic carbocycles. The van der Waals surface area contributed by atoms with Gasteiger partial charge in [-0.05, 0) is 95.9 Å². The third-order valence-electron chi connectivity index (χ3n) is 10.5. The first kappa shape index (κ1) is 33.6. The molecule has 1 amide bonds. The van der Waals surface area contributed by atoms with Crippen molar-refractivity contribution in [1.82, 2.24) is 39.1 Å². The van der Waals surface area contributed by atoms with Gasteiger partial charge in [-0.1, -0.05) is 13.8 Å². The number of likely N-dealkylation sites (tertiary alicyclic amines) is 3. The standard InChI is InChI=1S/C34H56N8O3/c1-3-29(4-2)40-22-11-34(12-23-40)10-21-38(28-34)17-8-20-41-24-15-37-31(41)26-39(25-30-35-13-14-36-30)16-7-9-33(44)45-27-32(43)42-18-5-6-19-42/h13-15,24,29H,3-12,16-23,25-28H2,1-2H3,(H,35,36). The van der Waals surface area contributed by atoms with Gasteiger partial charge in [0.1, 0.15) is 11.6 Å². The number of aromatic nitrogens is 4. The van der Waals surface area contributed by atoms with Crippen molar-refractivity contribution in [3.8, 4) is 0 Å². The van der Waals surface area contributed by atoms with Crippen molar-refractivity contribution in [2.24, 2.45) is 5.41 Å². The molecule has 3 saturated heterocycles. The second-order valence-electron chi connectivity index (χ2n) is 13.5. The minimum Gasteiger partial charge on any atom is -0.456 e. The van der Waals surface area contributed by atoms with Gasteiger partial charge in [0.25, 0.3) is 5.91 Å². The Labute approximate surface area is 269 Å². The van der Waals surface area contributed by atoms with Gasteiger partial charge in [-0.25, -0.2) is 9.97 Å². The van der Waals surface area contributed by atoms with E-state index in [1.165, 1.54) is 58.3 Å². The molecule has 250 valence electrons. The maximum absolute atomic E-state index is 12.4. The molecule has 5 rings (SSSR count). The molecule has 1 spiro atoms. The molecule has 3 fully saturated rings. The number of aromatic amines is 1. The number of hydrogen-bond acceptors (Lipinski definition) is 8. The summed E-state index contributed by atoms with van der Waals surface area (Å²) in [6.07, 6.45) is 18.3. The van der Waals surface area contributed by atoms with E-state index in [9.17, 15) is 9.59 Å². The van der Waals surface area contributed by atoms with Crippen molar-refractivity contribution in [2.45, 2.75) is 104 Å². The SMILES string of the molecule is CCC(CC)N1CCC2(CCN(CCCn3ccnc3CN(CCCC(=O)OCC(=O)N3CCCC3)Cc3ncc[nH]3)C2)CC1. The second-order valence-corrected chi connectivity index (χ2v) is 13.5. The monoisotopic (exact) mass is 624 g/mol. The number of nitrogens with zero attached hydrogens (tertiary/aromatic N) is 7. The van der Waals surface area contributed by atoms with Crippen LogP contribution in [0.3, 0.4) is 0 Å². The van der Waals surface area contributed by atoms with E-state index < -0.39 is 0 Å². The largest absolute Gasteiger partial charge is 0.456 e. The van der Waals surface area contributed by atoms with E-state index in [1.54, 1.807) is 11.1 Å². The van der Waals surface area contributed by atoms with Gasteiger partial charge in [0.15, 0.2) is 6.61 Å². The first-order chi connectivity index (χ1) is 22.0. The van der Waals surface area contributed by atoms with Gasteiger partial charge in [-0.2, -0.15) is 0 Å². The lowest BCUT2D eigenvalue weighted by atomic mass is 9.77. The smallest absolute Gasteiger partial charge is 0.306 e. The van der Waals surface area contributed by atoms with Gasteiger partial charge in [0.2, 0.25) is 0 Å². The van der Waals surface area contributed by atoms with Crippen molar-refractivity contribution in [1.29, 1.82) is 0 Å². The predicted molar refractivity (Wildman–Crippen MR) is 174 cm³/mol. The number of carbonyl (C=O) groups is 2. The van der Waals surface area contributed by atoms with Gasteiger partial charge in [0, 0.05) is 63.4 Å². The lowest BCUT2D eigenvalue weighted by Crippen LogP contribution is -2.45. The molecule has 2 aromatic rings. The quantitative estimate of drug-likeness (QED) is 0.264. The Morgan fingerprint density at radius 2 is 1.76 bits per heavy atom. The number of aryl methyl sites for hydroxylation is 1. The summed E-state index contributed by atoms with van der Waals surface area (Å²) in [6.45, 7) is 15.2. The fraction of sp³-hybridized carbons (Fsp3) is 0.765. The van der Waals surface area contributed by atoms with Crippen molar-refractivity contribution >= 4 is 11.9 Å². The van der Waals surface area contributed by atoms with Crippen LogP contribution in [0, 0.1) is 5.41 Å².